The molecule has 1 atom stereocenters. The molecular weight excluding hydrogens is 408 g/mol. The molecule has 2 heterocycles. The van der Waals surface area contributed by atoms with Gasteiger partial charge in [0.1, 0.15) is 0 Å². The van der Waals surface area contributed by atoms with E-state index in [2.05, 4.69) is 62.9 Å². The summed E-state index contributed by atoms with van der Waals surface area (Å²) in [5, 5.41) is 23.9. The van der Waals surface area contributed by atoms with Crippen LogP contribution in [0.15, 0.2) is 42.5 Å². The van der Waals surface area contributed by atoms with Crippen molar-refractivity contribution < 1.29 is 14.7 Å². The van der Waals surface area contributed by atoms with Crippen molar-refractivity contribution >= 4 is 18.1 Å². The molecule has 0 saturated carbocycles. The molecular formula is C23H28N6O3. The number of aryl methyl sites for hydroxylation is 1. The van der Waals surface area contributed by atoms with E-state index in [1.54, 1.807) is 0 Å². The molecule has 1 saturated heterocycles. The average Bonchev–Trinajstić information content (AvgIpc) is 3.44. The Morgan fingerprint density at radius 3 is 2.62 bits per heavy atom. The minimum Gasteiger partial charge on any atom is -0.483 e. The molecule has 9 nitrogen and oxygen atoms in total. The Hall–Kier alpha value is -3.59. The number of H-pyrrole nitrogens is 1. The predicted molar refractivity (Wildman–Crippen MR) is 121 cm³/mol. The van der Waals surface area contributed by atoms with Gasteiger partial charge in [0.05, 0.1) is 5.54 Å². The number of hydrogen-bond donors (Lipinski definition) is 3. The smallest absolute Gasteiger partial charge is 0.290 e. The highest BCUT2D eigenvalue weighted by molar-refractivity contribution is 5.98. The first-order chi connectivity index (χ1) is 15.4. The summed E-state index contributed by atoms with van der Waals surface area (Å²) in [6.07, 6.45) is 1.87. The van der Waals surface area contributed by atoms with Crippen molar-refractivity contribution in [2.24, 2.45) is 0 Å². The molecule has 1 aromatic heterocycles. The van der Waals surface area contributed by atoms with Crippen LogP contribution in [0.2, 0.25) is 0 Å². The lowest BCUT2D eigenvalue weighted by Crippen LogP contribution is -2.50. The summed E-state index contributed by atoms with van der Waals surface area (Å²) >= 11 is 0. The van der Waals surface area contributed by atoms with Crippen LogP contribution in [0.1, 0.15) is 36.5 Å². The Balaban J connectivity index is 0.000000913. The number of hydrogen-bond acceptors (Lipinski definition) is 6. The first-order valence-corrected chi connectivity index (χ1v) is 10.4. The molecule has 0 aliphatic carbocycles. The van der Waals surface area contributed by atoms with E-state index < -0.39 is 5.54 Å². The van der Waals surface area contributed by atoms with Gasteiger partial charge >= 0.3 is 0 Å². The van der Waals surface area contributed by atoms with Gasteiger partial charge in [0.2, 0.25) is 11.7 Å². The second-order valence-corrected chi connectivity index (χ2v) is 8.03. The van der Waals surface area contributed by atoms with Gasteiger partial charge in [-0.05, 0) is 86.3 Å². The highest BCUT2D eigenvalue weighted by Crippen LogP contribution is 2.33. The number of benzene rings is 2. The molecule has 0 spiro atoms. The van der Waals surface area contributed by atoms with Crippen LogP contribution in [0.4, 0.5) is 5.69 Å². The normalized spacial score (nSPS) is 18.0. The highest BCUT2D eigenvalue weighted by Gasteiger charge is 2.43. The van der Waals surface area contributed by atoms with E-state index >= 15 is 0 Å². The molecule has 168 valence electrons. The summed E-state index contributed by atoms with van der Waals surface area (Å²) < 4.78 is 0. The number of nitrogens with one attached hydrogen (secondary N) is 2. The van der Waals surface area contributed by atoms with Crippen molar-refractivity contribution in [3.05, 3.63) is 59.2 Å². The second-order valence-electron chi connectivity index (χ2n) is 8.03. The van der Waals surface area contributed by atoms with Crippen LogP contribution in [-0.2, 0) is 16.1 Å². The van der Waals surface area contributed by atoms with Gasteiger partial charge in [-0.25, -0.2) is 0 Å². The summed E-state index contributed by atoms with van der Waals surface area (Å²) in [5.41, 5.74) is 4.97. The minimum atomic E-state index is -0.525. The van der Waals surface area contributed by atoms with Gasteiger partial charge in [-0.2, -0.15) is 5.21 Å². The van der Waals surface area contributed by atoms with Crippen LogP contribution in [0.5, 0.6) is 0 Å². The zero-order chi connectivity index (χ0) is 23.1. The fraction of sp³-hybridized carbons (Fsp3) is 0.348. The maximum atomic E-state index is 13.2. The molecule has 32 heavy (non-hydrogen) atoms. The number of carbonyl (C=O) groups excluding carboxylic acids is 1. The Morgan fingerprint density at radius 2 is 1.97 bits per heavy atom. The van der Waals surface area contributed by atoms with E-state index in [-0.39, 0.29) is 12.4 Å². The molecule has 4 rings (SSSR count). The number of carbonyl (C=O) groups is 2. The zero-order valence-corrected chi connectivity index (χ0v) is 18.5. The van der Waals surface area contributed by atoms with Crippen LogP contribution >= 0.6 is 0 Å². The molecule has 1 fully saturated rings. The van der Waals surface area contributed by atoms with Crippen molar-refractivity contribution in [2.75, 3.05) is 11.9 Å². The van der Waals surface area contributed by atoms with Gasteiger partial charge in [-0.3, -0.25) is 14.5 Å². The monoisotopic (exact) mass is 436 g/mol. The van der Waals surface area contributed by atoms with E-state index in [9.17, 15) is 4.79 Å². The van der Waals surface area contributed by atoms with Crippen molar-refractivity contribution in [2.45, 2.75) is 45.7 Å². The number of rotatable bonds is 5. The summed E-state index contributed by atoms with van der Waals surface area (Å²) in [4.78, 5) is 23.9. The first kappa shape index (κ1) is 23.1. The van der Waals surface area contributed by atoms with Gasteiger partial charge < -0.3 is 10.4 Å². The third-order valence-electron chi connectivity index (χ3n) is 6.10. The standard InChI is InChI=1S/C22H26N6O.CH2O2/c1-15-6-4-7-18(16(15)2)14-28-13-5-12-22(28,3)21(29)23-19-10-8-17(9-11-19)20-24-26-27-25-20;2-1-3/h4,6-11H,5,12-14H2,1-3H3,(H,23,29)(H,24,25,26,27);1H,(H,2,3). The summed E-state index contributed by atoms with van der Waals surface area (Å²) in [5.74, 6) is 0.568. The first-order valence-electron chi connectivity index (χ1n) is 10.4. The highest BCUT2D eigenvalue weighted by atomic mass is 16.3. The van der Waals surface area contributed by atoms with Gasteiger partial charge in [-0.15, -0.1) is 10.2 Å². The number of anilines is 1. The largest absolute Gasteiger partial charge is 0.483 e. The molecule has 1 aliphatic heterocycles. The van der Waals surface area contributed by atoms with Gasteiger partial charge in [0.15, 0.2) is 0 Å². The third-order valence-corrected chi connectivity index (χ3v) is 6.10. The molecule has 3 N–H and O–H groups in total. The fourth-order valence-corrected chi connectivity index (χ4v) is 3.97. The number of aromatic amines is 1. The van der Waals surface area contributed by atoms with Crippen LogP contribution in [0, 0.1) is 13.8 Å². The number of tetrazole rings is 1. The molecule has 9 heteroatoms. The van der Waals surface area contributed by atoms with Crippen LogP contribution in [0.3, 0.4) is 0 Å². The Kier molecular flexibility index (Phi) is 7.32. The van der Waals surface area contributed by atoms with Crippen molar-refractivity contribution in [3.63, 3.8) is 0 Å². The lowest BCUT2D eigenvalue weighted by atomic mass is 9.95. The Morgan fingerprint density at radius 1 is 1.25 bits per heavy atom. The number of likely N-dealkylation sites (tertiary alicyclic amines) is 1. The number of nitrogens with zero attached hydrogens (tertiary/aromatic N) is 4. The van der Waals surface area contributed by atoms with Crippen molar-refractivity contribution in [1.29, 1.82) is 0 Å². The molecule has 0 bridgehead atoms. The van der Waals surface area contributed by atoms with E-state index in [1.807, 2.05) is 31.2 Å². The lowest BCUT2D eigenvalue weighted by molar-refractivity contribution is -0.126. The van der Waals surface area contributed by atoms with Crippen LogP contribution in [-0.4, -0.2) is 55.1 Å². The van der Waals surface area contributed by atoms with E-state index in [0.717, 1.165) is 37.2 Å². The molecule has 1 unspecified atom stereocenters. The van der Waals surface area contributed by atoms with Gasteiger partial charge in [-0.1, -0.05) is 18.2 Å². The Bertz CT molecular complexity index is 1050. The molecule has 1 amide bonds. The quantitative estimate of drug-likeness (QED) is 0.525. The molecule has 2 aromatic carbocycles. The van der Waals surface area contributed by atoms with Crippen molar-refractivity contribution in [3.8, 4) is 11.4 Å². The van der Waals surface area contributed by atoms with Gasteiger partial charge in [0.25, 0.3) is 6.47 Å². The minimum absolute atomic E-state index is 0.0348. The van der Waals surface area contributed by atoms with E-state index in [0.29, 0.717) is 5.82 Å². The third kappa shape index (κ3) is 5.00. The number of amides is 1. The summed E-state index contributed by atoms with van der Waals surface area (Å²) in [7, 11) is 0. The van der Waals surface area contributed by atoms with Gasteiger partial charge in [0, 0.05) is 17.8 Å². The maximum absolute atomic E-state index is 13.2. The topological polar surface area (TPSA) is 124 Å². The molecule has 1 aliphatic rings. The molecule has 3 aromatic rings. The SMILES string of the molecule is Cc1cccc(CN2CCCC2(C)C(=O)Nc2ccc(-c3nn[nH]n3)cc2)c1C.O=CO. The second kappa shape index (κ2) is 10.1. The lowest BCUT2D eigenvalue weighted by Gasteiger charge is -2.34. The summed E-state index contributed by atoms with van der Waals surface area (Å²) in [6.45, 7) is 7.80. The van der Waals surface area contributed by atoms with E-state index in [4.69, 9.17) is 9.90 Å². The van der Waals surface area contributed by atoms with E-state index in [1.165, 1.54) is 16.7 Å². The summed E-state index contributed by atoms with van der Waals surface area (Å²) in [6, 6.07) is 13.9. The zero-order valence-electron chi connectivity index (χ0n) is 18.5. The Labute approximate surface area is 186 Å². The van der Waals surface area contributed by atoms with Crippen molar-refractivity contribution in [1.82, 2.24) is 25.5 Å². The number of aromatic nitrogens is 4. The molecule has 0 radical (unpaired) electrons. The maximum Gasteiger partial charge on any atom is 0.290 e. The van der Waals surface area contributed by atoms with Crippen LogP contribution < -0.4 is 5.32 Å². The average molecular weight is 437 g/mol. The van der Waals surface area contributed by atoms with Crippen LogP contribution in [0.25, 0.3) is 11.4 Å². The predicted octanol–water partition coefficient (Wildman–Crippen LogP) is 3.18. The fourth-order valence-electron chi connectivity index (χ4n) is 3.97. The number of carboxylic acid groups (broad SMARTS) is 1.